The highest BCUT2D eigenvalue weighted by Crippen LogP contribution is 2.30. The molecule has 0 aromatic heterocycles. The molecule has 2 heterocycles. The number of cyclic esters (lactones) is 1. The molecular formula is C22H26Cl2FN3O5. The Hall–Kier alpha value is -2.52. The molecule has 1 aromatic carbocycles. The summed E-state index contributed by atoms with van der Waals surface area (Å²) in [5, 5.41) is 2.61. The van der Waals surface area contributed by atoms with Crippen LogP contribution in [0, 0.1) is 5.82 Å². The van der Waals surface area contributed by atoms with E-state index in [-0.39, 0.29) is 19.0 Å². The van der Waals surface area contributed by atoms with Gasteiger partial charge in [-0.05, 0) is 44.0 Å². The second-order valence-electron chi connectivity index (χ2n) is 7.94. The molecule has 2 amide bonds. The summed E-state index contributed by atoms with van der Waals surface area (Å²) >= 11 is 11.0. The van der Waals surface area contributed by atoms with Gasteiger partial charge in [0.1, 0.15) is 18.0 Å². The van der Waals surface area contributed by atoms with Crippen LogP contribution >= 0.6 is 23.2 Å². The van der Waals surface area contributed by atoms with Crippen molar-refractivity contribution < 1.29 is 28.2 Å². The Morgan fingerprint density at radius 2 is 2.03 bits per heavy atom. The number of benzene rings is 1. The average molecular weight is 502 g/mol. The molecule has 2 atom stereocenters. The van der Waals surface area contributed by atoms with Crippen LogP contribution in [0.5, 0.6) is 0 Å². The highest BCUT2D eigenvalue weighted by Gasteiger charge is 2.33. The van der Waals surface area contributed by atoms with Crippen molar-refractivity contribution in [1.82, 2.24) is 5.32 Å². The Morgan fingerprint density at radius 3 is 2.64 bits per heavy atom. The van der Waals surface area contributed by atoms with Crippen LogP contribution in [-0.4, -0.2) is 61.2 Å². The molecule has 33 heavy (non-hydrogen) atoms. The van der Waals surface area contributed by atoms with Crippen LogP contribution in [0.2, 0.25) is 0 Å². The predicted molar refractivity (Wildman–Crippen MR) is 123 cm³/mol. The number of carbonyl (C=O) groups is 3. The molecule has 2 aliphatic heterocycles. The van der Waals surface area contributed by atoms with Gasteiger partial charge in [0.25, 0.3) is 0 Å². The third-order valence-corrected chi connectivity index (χ3v) is 5.75. The summed E-state index contributed by atoms with van der Waals surface area (Å²) in [6.45, 7) is 4.75. The Kier molecular flexibility index (Phi) is 8.42. The van der Waals surface area contributed by atoms with E-state index in [0.29, 0.717) is 37.3 Å². The maximum absolute atomic E-state index is 14.9. The van der Waals surface area contributed by atoms with Gasteiger partial charge in [0, 0.05) is 20.0 Å². The number of esters is 1. The largest absolute Gasteiger partial charge is 0.456 e. The first-order valence-electron chi connectivity index (χ1n) is 10.6. The Balaban J connectivity index is 1.58. The lowest BCUT2D eigenvalue weighted by atomic mass is 10.0. The van der Waals surface area contributed by atoms with Gasteiger partial charge in [0.15, 0.2) is 0 Å². The molecule has 0 spiro atoms. The predicted octanol–water partition coefficient (Wildman–Crippen LogP) is 3.55. The van der Waals surface area contributed by atoms with Gasteiger partial charge < -0.3 is 19.7 Å². The Morgan fingerprint density at radius 1 is 1.33 bits per heavy atom. The first-order chi connectivity index (χ1) is 15.6. The second kappa shape index (κ2) is 11.1. The number of alkyl halides is 2. The van der Waals surface area contributed by atoms with E-state index in [2.05, 4.69) is 5.32 Å². The summed E-state index contributed by atoms with van der Waals surface area (Å²) < 4.78 is 25.3. The number of hydrogen-bond acceptors (Lipinski definition) is 6. The molecule has 0 radical (unpaired) electrons. The van der Waals surface area contributed by atoms with E-state index in [1.807, 2.05) is 11.0 Å². The number of ether oxygens (including phenoxy) is 2. The van der Waals surface area contributed by atoms with Crippen LogP contribution < -0.4 is 15.1 Å². The maximum Gasteiger partial charge on any atom is 0.414 e. The highest BCUT2D eigenvalue weighted by molar-refractivity contribution is 6.52. The zero-order chi connectivity index (χ0) is 24.1. The van der Waals surface area contributed by atoms with E-state index in [1.165, 1.54) is 17.9 Å². The highest BCUT2D eigenvalue weighted by atomic mass is 35.5. The Bertz CT molecular complexity index is 933. The number of carbonyl (C=O) groups excluding carboxylic acids is 3. The van der Waals surface area contributed by atoms with E-state index in [4.69, 9.17) is 32.7 Å². The molecule has 1 unspecified atom stereocenters. The van der Waals surface area contributed by atoms with Crippen LogP contribution in [0.1, 0.15) is 26.7 Å². The summed E-state index contributed by atoms with van der Waals surface area (Å²) in [5.41, 5.74) is 1.96. The Labute approximate surface area is 201 Å². The molecule has 0 saturated carbocycles. The molecule has 8 nitrogen and oxygen atoms in total. The number of amides is 2. The van der Waals surface area contributed by atoms with Crippen molar-refractivity contribution in [2.75, 3.05) is 36.0 Å². The molecule has 1 aromatic rings. The van der Waals surface area contributed by atoms with Crippen LogP contribution in [0.15, 0.2) is 29.8 Å². The number of rotatable bonds is 7. The van der Waals surface area contributed by atoms with Gasteiger partial charge in [0.05, 0.1) is 24.5 Å². The average Bonchev–Trinajstić information content (AvgIpc) is 3.13. The van der Waals surface area contributed by atoms with Gasteiger partial charge in [-0.2, -0.15) is 0 Å². The number of halogens is 3. The summed E-state index contributed by atoms with van der Waals surface area (Å²) in [5.74, 6) is -1.34. The lowest BCUT2D eigenvalue weighted by Crippen LogP contribution is -2.33. The van der Waals surface area contributed by atoms with E-state index in [0.717, 1.165) is 5.57 Å². The first kappa shape index (κ1) is 25.1. The zero-order valence-corrected chi connectivity index (χ0v) is 19.9. The van der Waals surface area contributed by atoms with Crippen LogP contribution in [0.25, 0.3) is 0 Å². The number of hydrogen-bond donors (Lipinski definition) is 1. The monoisotopic (exact) mass is 501 g/mol. The first-order valence-corrected chi connectivity index (χ1v) is 11.5. The fraction of sp³-hybridized carbons (Fsp3) is 0.500. The lowest BCUT2D eigenvalue weighted by molar-refractivity contribution is -0.144. The SMILES string of the molecule is CC(=O)NC[C@H]1CN(c2ccc(N3CCC(=CC(C)OC(=O)C(Cl)Cl)CC3)c(F)c2)C(=O)O1. The second-order valence-corrected chi connectivity index (χ2v) is 9.04. The molecule has 3 rings (SSSR count). The smallest absolute Gasteiger partial charge is 0.414 e. The van der Waals surface area contributed by atoms with Gasteiger partial charge in [-0.25, -0.2) is 14.0 Å². The van der Waals surface area contributed by atoms with E-state index in [1.54, 1.807) is 19.1 Å². The van der Waals surface area contributed by atoms with Gasteiger partial charge in [0.2, 0.25) is 10.7 Å². The molecule has 180 valence electrons. The molecule has 2 fully saturated rings. The molecule has 2 saturated heterocycles. The van der Waals surface area contributed by atoms with Crippen molar-refractivity contribution in [2.24, 2.45) is 0 Å². The fourth-order valence-corrected chi connectivity index (χ4v) is 3.92. The quantitative estimate of drug-likeness (QED) is 0.349. The lowest BCUT2D eigenvalue weighted by Gasteiger charge is -2.31. The molecule has 0 aliphatic carbocycles. The third-order valence-electron chi connectivity index (χ3n) is 5.39. The zero-order valence-electron chi connectivity index (χ0n) is 18.4. The van der Waals surface area contributed by atoms with E-state index in [9.17, 15) is 18.8 Å². The van der Waals surface area contributed by atoms with Crippen molar-refractivity contribution in [3.8, 4) is 0 Å². The van der Waals surface area contributed by atoms with Gasteiger partial charge in [-0.3, -0.25) is 9.69 Å². The molecule has 2 aliphatic rings. The standard InChI is InChI=1S/C22H26Cl2FN3O5/c1-13(32-21(30)20(23)24)9-15-5-7-27(8-6-15)19-4-3-16(10-18(19)25)28-12-17(33-22(28)31)11-26-14(2)29/h3-4,9-10,13,17,20H,5-8,11-12H2,1-2H3,(H,26,29)/t13?,17-/m0/s1. The minimum absolute atomic E-state index is 0.206. The summed E-state index contributed by atoms with van der Waals surface area (Å²) in [6.07, 6.45) is 1.73. The maximum atomic E-state index is 14.9. The molecule has 0 bridgehead atoms. The van der Waals surface area contributed by atoms with Crippen molar-refractivity contribution in [2.45, 2.75) is 43.7 Å². The van der Waals surface area contributed by atoms with Gasteiger partial charge in [-0.1, -0.05) is 28.8 Å². The van der Waals surface area contributed by atoms with E-state index >= 15 is 0 Å². The normalized spacial score (nSPS) is 19.4. The van der Waals surface area contributed by atoms with Crippen molar-refractivity contribution in [3.63, 3.8) is 0 Å². The van der Waals surface area contributed by atoms with Crippen molar-refractivity contribution >= 4 is 52.5 Å². The number of anilines is 2. The van der Waals surface area contributed by atoms with Crippen molar-refractivity contribution in [3.05, 3.63) is 35.7 Å². The van der Waals surface area contributed by atoms with Gasteiger partial charge in [-0.15, -0.1) is 0 Å². The van der Waals surface area contributed by atoms with E-state index < -0.39 is 34.9 Å². The van der Waals surface area contributed by atoms with Crippen molar-refractivity contribution in [1.29, 1.82) is 0 Å². The summed E-state index contributed by atoms with van der Waals surface area (Å²) in [6, 6.07) is 4.65. The van der Waals surface area contributed by atoms with Gasteiger partial charge >= 0.3 is 12.1 Å². The molecule has 11 heteroatoms. The van der Waals surface area contributed by atoms with Crippen LogP contribution in [-0.2, 0) is 19.1 Å². The topological polar surface area (TPSA) is 88.2 Å². The number of piperidine rings is 1. The summed E-state index contributed by atoms with van der Waals surface area (Å²) in [4.78, 5) is 36.8. The summed E-state index contributed by atoms with van der Waals surface area (Å²) in [7, 11) is 0. The minimum Gasteiger partial charge on any atom is -0.456 e. The number of nitrogens with one attached hydrogen (secondary N) is 1. The molecular weight excluding hydrogens is 476 g/mol. The van der Waals surface area contributed by atoms with Crippen LogP contribution in [0.4, 0.5) is 20.6 Å². The fourth-order valence-electron chi connectivity index (χ4n) is 3.82. The number of nitrogens with zero attached hydrogens (tertiary/aromatic N) is 2. The minimum atomic E-state index is -1.22. The van der Waals surface area contributed by atoms with Crippen LogP contribution in [0.3, 0.4) is 0 Å². The third kappa shape index (κ3) is 6.74. The molecule has 1 N–H and O–H groups in total.